The molecule has 5 heteroatoms. The number of halogens is 1. The van der Waals surface area contributed by atoms with Crippen LogP contribution in [0.15, 0.2) is 17.6 Å². The van der Waals surface area contributed by atoms with Crippen molar-refractivity contribution < 1.29 is 4.74 Å². The molecule has 3 rings (SSSR count). The number of aromatic nitrogens is 1. The second-order valence-corrected chi connectivity index (χ2v) is 5.45. The van der Waals surface area contributed by atoms with E-state index in [2.05, 4.69) is 10.3 Å². The zero-order valence-electron chi connectivity index (χ0n) is 9.28. The molecule has 1 aliphatic heterocycles. The van der Waals surface area contributed by atoms with Crippen LogP contribution in [0.5, 0.6) is 0 Å². The summed E-state index contributed by atoms with van der Waals surface area (Å²) >= 11 is 7.89. The van der Waals surface area contributed by atoms with Crippen molar-refractivity contribution in [1.29, 1.82) is 0 Å². The number of nitrogens with one attached hydrogen (secondary N) is 1. The number of nitrogens with zero attached hydrogens (tertiary/aromatic N) is 1. The average molecular weight is 269 g/mol. The number of hydrogen-bond acceptors (Lipinski definition) is 4. The van der Waals surface area contributed by atoms with Crippen LogP contribution in [0.25, 0.3) is 10.2 Å². The van der Waals surface area contributed by atoms with Crippen LogP contribution < -0.4 is 5.32 Å². The van der Waals surface area contributed by atoms with Crippen molar-refractivity contribution in [1.82, 2.24) is 4.98 Å². The Kier molecular flexibility index (Phi) is 3.18. The number of benzene rings is 1. The predicted octanol–water partition coefficient (Wildman–Crippen LogP) is 3.54. The molecule has 1 fully saturated rings. The Hall–Kier alpha value is -0.840. The van der Waals surface area contributed by atoms with Gasteiger partial charge in [0.15, 0.2) is 0 Å². The predicted molar refractivity (Wildman–Crippen MR) is 72.1 cm³/mol. The van der Waals surface area contributed by atoms with Crippen LogP contribution in [-0.4, -0.2) is 24.2 Å². The largest absolute Gasteiger partial charge is 0.381 e. The molecule has 1 saturated heterocycles. The zero-order chi connectivity index (χ0) is 11.7. The topological polar surface area (TPSA) is 34.2 Å². The average Bonchev–Trinajstić information content (AvgIpc) is 2.83. The molecular weight excluding hydrogens is 256 g/mol. The third-order valence-corrected chi connectivity index (χ3v) is 4.13. The molecule has 0 spiro atoms. The molecule has 3 nitrogen and oxygen atoms in total. The Morgan fingerprint density at radius 1 is 1.35 bits per heavy atom. The molecule has 90 valence electrons. The van der Waals surface area contributed by atoms with Crippen LogP contribution in [-0.2, 0) is 4.74 Å². The van der Waals surface area contributed by atoms with Gasteiger partial charge in [-0.05, 0) is 25.0 Å². The molecule has 0 atom stereocenters. The SMILES string of the molecule is Clc1ccc2scnc2c1NC1CCOCC1. The first-order chi connectivity index (χ1) is 8.34. The second-order valence-electron chi connectivity index (χ2n) is 4.15. The van der Waals surface area contributed by atoms with Crippen molar-refractivity contribution in [2.45, 2.75) is 18.9 Å². The van der Waals surface area contributed by atoms with Crippen LogP contribution in [0.4, 0.5) is 5.69 Å². The number of fused-ring (bicyclic) bond motifs is 1. The fraction of sp³-hybridized carbons (Fsp3) is 0.417. The van der Waals surface area contributed by atoms with E-state index in [4.69, 9.17) is 16.3 Å². The molecule has 17 heavy (non-hydrogen) atoms. The van der Waals surface area contributed by atoms with E-state index in [0.29, 0.717) is 6.04 Å². The fourth-order valence-electron chi connectivity index (χ4n) is 2.09. The van der Waals surface area contributed by atoms with Crippen molar-refractivity contribution in [3.05, 3.63) is 22.7 Å². The Bertz CT molecular complexity index is 522. The highest BCUT2D eigenvalue weighted by Gasteiger charge is 2.17. The molecule has 0 amide bonds. The van der Waals surface area contributed by atoms with Crippen LogP contribution in [0, 0.1) is 0 Å². The maximum Gasteiger partial charge on any atom is 0.106 e. The molecule has 1 aliphatic rings. The lowest BCUT2D eigenvalue weighted by atomic mass is 10.1. The van der Waals surface area contributed by atoms with E-state index < -0.39 is 0 Å². The summed E-state index contributed by atoms with van der Waals surface area (Å²) in [6.07, 6.45) is 2.05. The maximum absolute atomic E-state index is 6.25. The minimum Gasteiger partial charge on any atom is -0.381 e. The van der Waals surface area contributed by atoms with E-state index in [0.717, 1.165) is 42.3 Å². The minimum absolute atomic E-state index is 0.438. The van der Waals surface area contributed by atoms with Crippen molar-refractivity contribution in [2.24, 2.45) is 0 Å². The van der Waals surface area contributed by atoms with Crippen LogP contribution in [0.3, 0.4) is 0 Å². The van der Waals surface area contributed by atoms with Crippen molar-refractivity contribution >= 4 is 38.8 Å². The van der Waals surface area contributed by atoms with Gasteiger partial charge in [-0.1, -0.05) is 11.6 Å². The zero-order valence-corrected chi connectivity index (χ0v) is 10.9. The lowest BCUT2D eigenvalue weighted by molar-refractivity contribution is 0.0905. The molecule has 2 aromatic rings. The van der Waals surface area contributed by atoms with E-state index in [-0.39, 0.29) is 0 Å². The first-order valence-electron chi connectivity index (χ1n) is 5.70. The summed E-state index contributed by atoms with van der Waals surface area (Å²) in [5, 5.41) is 4.26. The Balaban J connectivity index is 1.92. The number of thiazole rings is 1. The molecule has 0 aliphatic carbocycles. The Morgan fingerprint density at radius 3 is 3.00 bits per heavy atom. The monoisotopic (exact) mass is 268 g/mol. The lowest BCUT2D eigenvalue weighted by Gasteiger charge is -2.24. The lowest BCUT2D eigenvalue weighted by Crippen LogP contribution is -2.28. The van der Waals surface area contributed by atoms with Gasteiger partial charge in [0, 0.05) is 19.3 Å². The van der Waals surface area contributed by atoms with Gasteiger partial charge in [0.1, 0.15) is 5.52 Å². The summed E-state index contributed by atoms with van der Waals surface area (Å²) < 4.78 is 6.52. The van der Waals surface area contributed by atoms with Crippen LogP contribution in [0.2, 0.25) is 5.02 Å². The van der Waals surface area contributed by atoms with Gasteiger partial charge >= 0.3 is 0 Å². The molecular formula is C12H13ClN2OS. The van der Waals surface area contributed by atoms with Gasteiger partial charge in [-0.25, -0.2) is 4.98 Å². The fourth-order valence-corrected chi connectivity index (χ4v) is 2.98. The van der Waals surface area contributed by atoms with Gasteiger partial charge in [-0.3, -0.25) is 0 Å². The van der Waals surface area contributed by atoms with E-state index in [1.807, 2.05) is 17.6 Å². The summed E-state index contributed by atoms with van der Waals surface area (Å²) in [5.74, 6) is 0. The van der Waals surface area contributed by atoms with Crippen LogP contribution in [0.1, 0.15) is 12.8 Å². The summed E-state index contributed by atoms with van der Waals surface area (Å²) in [7, 11) is 0. The minimum atomic E-state index is 0.438. The summed E-state index contributed by atoms with van der Waals surface area (Å²) in [6, 6.07) is 4.39. The highest BCUT2D eigenvalue weighted by atomic mass is 35.5. The molecule has 0 unspecified atom stereocenters. The second kappa shape index (κ2) is 4.80. The number of rotatable bonds is 2. The molecule has 0 saturated carbocycles. The van der Waals surface area contributed by atoms with Gasteiger partial charge in [0.25, 0.3) is 0 Å². The van der Waals surface area contributed by atoms with E-state index in [1.54, 1.807) is 11.3 Å². The van der Waals surface area contributed by atoms with E-state index >= 15 is 0 Å². The molecule has 0 bridgehead atoms. The summed E-state index contributed by atoms with van der Waals surface area (Å²) in [5.41, 5.74) is 3.81. The quantitative estimate of drug-likeness (QED) is 0.905. The van der Waals surface area contributed by atoms with E-state index in [9.17, 15) is 0 Å². The Labute approximate surface area is 109 Å². The number of ether oxygens (including phenoxy) is 1. The number of hydrogen-bond donors (Lipinski definition) is 1. The third kappa shape index (κ3) is 2.25. The smallest absolute Gasteiger partial charge is 0.106 e. The molecule has 1 aromatic heterocycles. The first-order valence-corrected chi connectivity index (χ1v) is 6.96. The van der Waals surface area contributed by atoms with Crippen LogP contribution >= 0.6 is 22.9 Å². The maximum atomic E-state index is 6.25. The molecule has 2 heterocycles. The standard InChI is InChI=1S/C12H13ClN2OS/c13-9-1-2-10-12(14-7-17-10)11(9)15-8-3-5-16-6-4-8/h1-2,7-8,15H,3-6H2. The normalized spacial score (nSPS) is 17.5. The highest BCUT2D eigenvalue weighted by molar-refractivity contribution is 7.16. The van der Waals surface area contributed by atoms with Crippen molar-refractivity contribution in [3.63, 3.8) is 0 Å². The van der Waals surface area contributed by atoms with Crippen molar-refractivity contribution in [2.75, 3.05) is 18.5 Å². The summed E-state index contributed by atoms with van der Waals surface area (Å²) in [6.45, 7) is 1.64. The molecule has 0 radical (unpaired) electrons. The van der Waals surface area contributed by atoms with Gasteiger partial charge in [-0.15, -0.1) is 11.3 Å². The summed E-state index contributed by atoms with van der Waals surface area (Å²) in [4.78, 5) is 4.39. The number of anilines is 1. The molecule has 1 aromatic carbocycles. The van der Waals surface area contributed by atoms with Crippen molar-refractivity contribution in [3.8, 4) is 0 Å². The van der Waals surface area contributed by atoms with Gasteiger partial charge < -0.3 is 10.1 Å². The third-order valence-electron chi connectivity index (χ3n) is 3.02. The Morgan fingerprint density at radius 2 is 2.18 bits per heavy atom. The van der Waals surface area contributed by atoms with E-state index in [1.165, 1.54) is 4.70 Å². The van der Waals surface area contributed by atoms with Gasteiger partial charge in [-0.2, -0.15) is 0 Å². The van der Waals surface area contributed by atoms with Gasteiger partial charge in [0.2, 0.25) is 0 Å². The van der Waals surface area contributed by atoms with Gasteiger partial charge in [0.05, 0.1) is 20.9 Å². The highest BCUT2D eigenvalue weighted by Crippen LogP contribution is 2.33. The first kappa shape index (κ1) is 11.3. The molecule has 1 N–H and O–H groups in total.